The topological polar surface area (TPSA) is 68.0 Å². The Morgan fingerprint density at radius 2 is 2.20 bits per heavy atom. The van der Waals surface area contributed by atoms with Crippen LogP contribution < -0.4 is 5.32 Å². The Kier molecular flexibility index (Phi) is 3.60. The van der Waals surface area contributed by atoms with Crippen molar-refractivity contribution in [1.29, 1.82) is 0 Å². The lowest BCUT2D eigenvalue weighted by Gasteiger charge is -2.04. The second-order valence-electron chi connectivity index (χ2n) is 4.49. The lowest BCUT2D eigenvalue weighted by Crippen LogP contribution is -2.08. The number of aryl methyl sites for hydroxylation is 2. The Bertz CT molecular complexity index is 717. The van der Waals surface area contributed by atoms with Crippen molar-refractivity contribution < 1.29 is 0 Å². The largest absolute Gasteiger partial charge is 0.368 e. The van der Waals surface area contributed by atoms with E-state index in [0.29, 0.717) is 0 Å². The molecule has 0 aromatic carbocycles. The molecule has 0 aliphatic carbocycles. The molecule has 0 aliphatic heterocycles. The summed E-state index contributed by atoms with van der Waals surface area (Å²) in [6, 6.07) is 3.83. The third-order valence-corrected chi connectivity index (χ3v) is 4.22. The van der Waals surface area contributed by atoms with Crippen LogP contribution in [0.1, 0.15) is 22.6 Å². The van der Waals surface area contributed by atoms with E-state index in [2.05, 4.69) is 32.5 Å². The maximum absolute atomic E-state index is 4.45. The van der Waals surface area contributed by atoms with Crippen LogP contribution >= 0.6 is 11.3 Å². The highest BCUT2D eigenvalue weighted by molar-refractivity contribution is 7.11. The zero-order chi connectivity index (χ0) is 13.9. The summed E-state index contributed by atoms with van der Waals surface area (Å²) in [6.07, 6.45) is 3.92. The zero-order valence-corrected chi connectivity index (χ0v) is 12.3. The Balaban J connectivity index is 1.63. The number of nitrogens with one attached hydrogen (secondary N) is 1. The van der Waals surface area contributed by atoms with Crippen molar-refractivity contribution in [2.75, 3.05) is 11.9 Å². The van der Waals surface area contributed by atoms with Crippen LogP contribution in [0.3, 0.4) is 0 Å². The molecule has 0 aliphatic rings. The molecule has 0 unspecified atom stereocenters. The average Bonchev–Trinajstić information content (AvgIpc) is 3.06. The SMILES string of the molecule is CCc1cnc(CCNc2ccc3nnc(C)n3n2)s1. The summed E-state index contributed by atoms with van der Waals surface area (Å²) < 4.78 is 1.74. The summed E-state index contributed by atoms with van der Waals surface area (Å²) in [7, 11) is 0. The fourth-order valence-corrected chi connectivity index (χ4v) is 2.78. The fraction of sp³-hybridized carbons (Fsp3) is 0.385. The molecule has 0 bridgehead atoms. The second kappa shape index (κ2) is 5.54. The summed E-state index contributed by atoms with van der Waals surface area (Å²) in [5, 5.41) is 16.9. The van der Waals surface area contributed by atoms with Gasteiger partial charge in [-0.25, -0.2) is 4.98 Å². The summed E-state index contributed by atoms with van der Waals surface area (Å²) in [6.45, 7) is 4.85. The van der Waals surface area contributed by atoms with Crippen LogP contribution in [0.25, 0.3) is 5.65 Å². The van der Waals surface area contributed by atoms with Gasteiger partial charge in [0.1, 0.15) is 5.82 Å². The highest BCUT2D eigenvalue weighted by atomic mass is 32.1. The molecule has 3 aromatic rings. The first-order valence-electron chi connectivity index (χ1n) is 6.63. The Hall–Kier alpha value is -2.02. The lowest BCUT2D eigenvalue weighted by atomic mass is 10.4. The molecule has 0 fully saturated rings. The van der Waals surface area contributed by atoms with Crippen molar-refractivity contribution in [2.45, 2.75) is 26.7 Å². The average molecular weight is 288 g/mol. The number of rotatable bonds is 5. The molecule has 0 amide bonds. The van der Waals surface area contributed by atoms with Crippen LogP contribution in [0, 0.1) is 6.92 Å². The monoisotopic (exact) mass is 288 g/mol. The van der Waals surface area contributed by atoms with Gasteiger partial charge in [0.15, 0.2) is 11.5 Å². The number of nitrogens with zero attached hydrogens (tertiary/aromatic N) is 5. The van der Waals surface area contributed by atoms with Crippen LogP contribution in [0.4, 0.5) is 5.82 Å². The molecular weight excluding hydrogens is 272 g/mol. The van der Waals surface area contributed by atoms with Crippen molar-refractivity contribution >= 4 is 22.8 Å². The normalized spacial score (nSPS) is 11.1. The number of aromatic nitrogens is 5. The van der Waals surface area contributed by atoms with Crippen LogP contribution in [-0.4, -0.2) is 31.3 Å². The van der Waals surface area contributed by atoms with Gasteiger partial charge < -0.3 is 5.32 Å². The van der Waals surface area contributed by atoms with Crippen molar-refractivity contribution in [3.8, 4) is 0 Å². The van der Waals surface area contributed by atoms with Gasteiger partial charge >= 0.3 is 0 Å². The summed E-state index contributed by atoms with van der Waals surface area (Å²) in [4.78, 5) is 5.74. The van der Waals surface area contributed by atoms with Gasteiger partial charge in [-0.1, -0.05) is 6.92 Å². The number of anilines is 1. The second-order valence-corrected chi connectivity index (χ2v) is 5.69. The van der Waals surface area contributed by atoms with Crippen LogP contribution in [0.5, 0.6) is 0 Å². The maximum Gasteiger partial charge on any atom is 0.178 e. The quantitative estimate of drug-likeness (QED) is 0.778. The molecule has 0 atom stereocenters. The molecule has 1 N–H and O–H groups in total. The van der Waals surface area contributed by atoms with Crippen molar-refractivity contribution in [2.24, 2.45) is 0 Å². The van der Waals surface area contributed by atoms with Gasteiger partial charge in [0, 0.05) is 24.0 Å². The number of hydrogen-bond acceptors (Lipinski definition) is 6. The Morgan fingerprint density at radius 1 is 1.30 bits per heavy atom. The van der Waals surface area contributed by atoms with Crippen LogP contribution in [0.2, 0.25) is 0 Å². The van der Waals surface area contributed by atoms with Crippen molar-refractivity contribution in [3.63, 3.8) is 0 Å². The van der Waals surface area contributed by atoms with E-state index in [1.165, 1.54) is 4.88 Å². The van der Waals surface area contributed by atoms with E-state index >= 15 is 0 Å². The molecule has 0 saturated carbocycles. The summed E-state index contributed by atoms with van der Waals surface area (Å²) in [5.41, 5.74) is 0.764. The van der Waals surface area contributed by atoms with Crippen LogP contribution in [-0.2, 0) is 12.8 Å². The molecule has 3 heterocycles. The summed E-state index contributed by atoms with van der Waals surface area (Å²) in [5.74, 6) is 1.61. The Morgan fingerprint density at radius 3 is 3.00 bits per heavy atom. The first-order chi connectivity index (χ1) is 9.76. The van der Waals surface area contributed by atoms with E-state index in [1.807, 2.05) is 25.3 Å². The number of thiazole rings is 1. The smallest absolute Gasteiger partial charge is 0.178 e. The first kappa shape index (κ1) is 13.0. The maximum atomic E-state index is 4.45. The van der Waals surface area contributed by atoms with Crippen molar-refractivity contribution in [3.05, 3.63) is 34.0 Å². The van der Waals surface area contributed by atoms with E-state index in [-0.39, 0.29) is 0 Å². The highest BCUT2D eigenvalue weighted by Crippen LogP contribution is 2.14. The third kappa shape index (κ3) is 2.62. The molecule has 0 spiro atoms. The van der Waals surface area contributed by atoms with E-state index in [4.69, 9.17) is 0 Å². The van der Waals surface area contributed by atoms with Gasteiger partial charge in [0.2, 0.25) is 0 Å². The molecule has 20 heavy (non-hydrogen) atoms. The minimum absolute atomic E-state index is 0.764. The minimum Gasteiger partial charge on any atom is -0.368 e. The predicted octanol–water partition coefficient (Wildman–Crippen LogP) is 2.11. The number of hydrogen-bond donors (Lipinski definition) is 1. The predicted molar refractivity (Wildman–Crippen MR) is 79.2 cm³/mol. The molecule has 0 radical (unpaired) electrons. The van der Waals surface area contributed by atoms with Gasteiger partial charge in [-0.15, -0.1) is 26.6 Å². The van der Waals surface area contributed by atoms with Gasteiger partial charge in [-0.05, 0) is 25.5 Å². The zero-order valence-electron chi connectivity index (χ0n) is 11.5. The molecule has 3 aromatic heterocycles. The van der Waals surface area contributed by atoms with E-state index in [1.54, 1.807) is 15.9 Å². The van der Waals surface area contributed by atoms with Gasteiger partial charge in [0.05, 0.1) is 5.01 Å². The molecule has 6 nitrogen and oxygen atoms in total. The van der Waals surface area contributed by atoms with Gasteiger partial charge in [0.25, 0.3) is 0 Å². The van der Waals surface area contributed by atoms with Crippen molar-refractivity contribution in [1.82, 2.24) is 24.8 Å². The first-order valence-corrected chi connectivity index (χ1v) is 7.44. The molecular formula is C13H16N6S. The standard InChI is InChI=1S/C13H16N6S/c1-3-10-8-15-13(20-10)6-7-14-11-4-5-12-17-16-9(2)19(12)18-11/h4-5,8H,3,6-7H2,1-2H3,(H,14,18). The highest BCUT2D eigenvalue weighted by Gasteiger charge is 2.04. The van der Waals surface area contributed by atoms with Gasteiger partial charge in [-0.3, -0.25) is 0 Å². The van der Waals surface area contributed by atoms with E-state index < -0.39 is 0 Å². The van der Waals surface area contributed by atoms with Gasteiger partial charge in [-0.2, -0.15) is 4.52 Å². The Labute approximate surface area is 120 Å². The van der Waals surface area contributed by atoms with E-state index in [0.717, 1.165) is 41.7 Å². The minimum atomic E-state index is 0.764. The lowest BCUT2D eigenvalue weighted by molar-refractivity contribution is 0.867. The number of fused-ring (bicyclic) bond motifs is 1. The molecule has 7 heteroatoms. The molecule has 104 valence electrons. The van der Waals surface area contributed by atoms with Crippen LogP contribution in [0.15, 0.2) is 18.3 Å². The van der Waals surface area contributed by atoms with E-state index in [9.17, 15) is 0 Å². The fourth-order valence-electron chi connectivity index (χ4n) is 1.91. The molecule has 3 rings (SSSR count). The summed E-state index contributed by atoms with van der Waals surface area (Å²) >= 11 is 1.78. The molecule has 0 saturated heterocycles. The third-order valence-electron chi connectivity index (χ3n) is 3.01.